The standard InChI is InChI=1S/C13H20BrNO/c1-13(2,10-15)7-4-8-16-12-6-3-5-11(14)9-12/h3,5-6,9H,4,7-8,10,15H2,1-2H3. The average Bonchev–Trinajstić information content (AvgIpc) is 2.25. The number of rotatable bonds is 6. The van der Waals surface area contributed by atoms with E-state index in [9.17, 15) is 0 Å². The number of nitrogens with two attached hydrogens (primary N) is 1. The average molecular weight is 286 g/mol. The van der Waals surface area contributed by atoms with Gasteiger partial charge in [0.05, 0.1) is 6.61 Å². The van der Waals surface area contributed by atoms with Gasteiger partial charge in [0, 0.05) is 4.47 Å². The molecule has 2 N–H and O–H groups in total. The van der Waals surface area contributed by atoms with Gasteiger partial charge in [-0.3, -0.25) is 0 Å². The first-order chi connectivity index (χ1) is 7.53. The van der Waals surface area contributed by atoms with Gasteiger partial charge in [0.25, 0.3) is 0 Å². The molecule has 90 valence electrons. The summed E-state index contributed by atoms with van der Waals surface area (Å²) in [6, 6.07) is 7.92. The lowest BCUT2D eigenvalue weighted by molar-refractivity contribution is 0.261. The fraction of sp³-hybridized carbons (Fsp3) is 0.538. The molecule has 16 heavy (non-hydrogen) atoms. The first-order valence-electron chi connectivity index (χ1n) is 5.62. The van der Waals surface area contributed by atoms with E-state index in [-0.39, 0.29) is 5.41 Å². The maximum absolute atomic E-state index is 5.67. The normalized spacial score (nSPS) is 11.5. The Labute approximate surface area is 106 Å². The third-order valence-electron chi connectivity index (χ3n) is 2.62. The van der Waals surface area contributed by atoms with Crippen molar-refractivity contribution < 1.29 is 4.74 Å². The molecule has 0 spiro atoms. The third kappa shape index (κ3) is 4.99. The summed E-state index contributed by atoms with van der Waals surface area (Å²) in [5, 5.41) is 0. The van der Waals surface area contributed by atoms with Crippen LogP contribution >= 0.6 is 15.9 Å². The van der Waals surface area contributed by atoms with E-state index in [2.05, 4.69) is 29.8 Å². The molecule has 3 heteroatoms. The molecule has 0 saturated heterocycles. The number of ether oxygens (including phenoxy) is 1. The fourth-order valence-corrected chi connectivity index (χ4v) is 1.78. The maximum Gasteiger partial charge on any atom is 0.120 e. The van der Waals surface area contributed by atoms with Crippen LogP contribution in [0.4, 0.5) is 0 Å². The van der Waals surface area contributed by atoms with E-state index in [0.29, 0.717) is 0 Å². The molecule has 2 nitrogen and oxygen atoms in total. The molecule has 0 atom stereocenters. The molecular weight excluding hydrogens is 266 g/mol. The second-order valence-corrected chi connectivity index (χ2v) is 5.69. The van der Waals surface area contributed by atoms with E-state index in [1.807, 2.05) is 24.3 Å². The van der Waals surface area contributed by atoms with E-state index in [0.717, 1.165) is 36.2 Å². The molecule has 0 aliphatic carbocycles. The Bertz CT molecular complexity index is 325. The third-order valence-corrected chi connectivity index (χ3v) is 3.11. The Balaban J connectivity index is 2.26. The zero-order chi connectivity index (χ0) is 12.0. The van der Waals surface area contributed by atoms with Crippen molar-refractivity contribution in [2.24, 2.45) is 11.1 Å². The van der Waals surface area contributed by atoms with E-state index in [1.165, 1.54) is 0 Å². The highest BCUT2D eigenvalue weighted by Crippen LogP contribution is 2.21. The number of halogens is 1. The zero-order valence-corrected chi connectivity index (χ0v) is 11.6. The minimum atomic E-state index is 0.223. The van der Waals surface area contributed by atoms with Gasteiger partial charge in [0.15, 0.2) is 0 Å². The first kappa shape index (κ1) is 13.5. The van der Waals surface area contributed by atoms with Gasteiger partial charge in [-0.15, -0.1) is 0 Å². The van der Waals surface area contributed by atoms with E-state index in [1.54, 1.807) is 0 Å². The highest BCUT2D eigenvalue weighted by molar-refractivity contribution is 9.10. The van der Waals surface area contributed by atoms with Gasteiger partial charge in [-0.2, -0.15) is 0 Å². The van der Waals surface area contributed by atoms with Crippen molar-refractivity contribution in [2.75, 3.05) is 13.2 Å². The van der Waals surface area contributed by atoms with Crippen LogP contribution in [0.15, 0.2) is 28.7 Å². The Morgan fingerprint density at radius 3 is 2.75 bits per heavy atom. The van der Waals surface area contributed by atoms with Crippen molar-refractivity contribution in [1.29, 1.82) is 0 Å². The van der Waals surface area contributed by atoms with Crippen molar-refractivity contribution in [3.8, 4) is 5.75 Å². The molecule has 0 radical (unpaired) electrons. The zero-order valence-electron chi connectivity index (χ0n) is 10.0. The molecule has 0 saturated carbocycles. The largest absolute Gasteiger partial charge is 0.494 e. The topological polar surface area (TPSA) is 35.2 Å². The van der Waals surface area contributed by atoms with Gasteiger partial charge >= 0.3 is 0 Å². The van der Waals surface area contributed by atoms with Gasteiger partial charge in [-0.25, -0.2) is 0 Å². The minimum Gasteiger partial charge on any atom is -0.494 e. The van der Waals surface area contributed by atoms with Crippen LogP contribution in [0, 0.1) is 5.41 Å². The van der Waals surface area contributed by atoms with Crippen LogP contribution in [-0.4, -0.2) is 13.2 Å². The van der Waals surface area contributed by atoms with Gasteiger partial charge < -0.3 is 10.5 Å². The fourth-order valence-electron chi connectivity index (χ4n) is 1.40. The molecule has 0 heterocycles. The molecule has 0 fully saturated rings. The SMILES string of the molecule is CC(C)(CN)CCCOc1cccc(Br)c1. The van der Waals surface area contributed by atoms with Crippen LogP contribution in [0.1, 0.15) is 26.7 Å². The summed E-state index contributed by atoms with van der Waals surface area (Å²) in [6.07, 6.45) is 2.13. The summed E-state index contributed by atoms with van der Waals surface area (Å²) < 4.78 is 6.70. The molecular formula is C13H20BrNO. The summed E-state index contributed by atoms with van der Waals surface area (Å²) in [4.78, 5) is 0. The maximum atomic E-state index is 5.67. The lowest BCUT2D eigenvalue weighted by Gasteiger charge is -2.21. The van der Waals surface area contributed by atoms with Crippen molar-refractivity contribution in [3.63, 3.8) is 0 Å². The second kappa shape index (κ2) is 6.26. The summed E-state index contributed by atoms with van der Waals surface area (Å²) in [6.45, 7) is 5.85. The van der Waals surface area contributed by atoms with Crippen LogP contribution < -0.4 is 10.5 Å². The Morgan fingerprint density at radius 2 is 2.12 bits per heavy atom. The number of hydrogen-bond donors (Lipinski definition) is 1. The summed E-state index contributed by atoms with van der Waals surface area (Å²) in [5.74, 6) is 0.917. The Hall–Kier alpha value is -0.540. The van der Waals surface area contributed by atoms with Gasteiger partial charge in [-0.05, 0) is 43.0 Å². The monoisotopic (exact) mass is 285 g/mol. The van der Waals surface area contributed by atoms with Crippen LogP contribution in [0.5, 0.6) is 5.75 Å². The molecule has 0 aliphatic rings. The van der Waals surface area contributed by atoms with E-state index < -0.39 is 0 Å². The lowest BCUT2D eigenvalue weighted by Crippen LogP contribution is -2.23. The van der Waals surface area contributed by atoms with Gasteiger partial charge in [-0.1, -0.05) is 35.8 Å². The summed E-state index contributed by atoms with van der Waals surface area (Å²) in [7, 11) is 0. The number of hydrogen-bond acceptors (Lipinski definition) is 2. The highest BCUT2D eigenvalue weighted by Gasteiger charge is 2.14. The van der Waals surface area contributed by atoms with Gasteiger partial charge in [0.1, 0.15) is 5.75 Å². The van der Waals surface area contributed by atoms with Crippen molar-refractivity contribution in [2.45, 2.75) is 26.7 Å². The van der Waals surface area contributed by atoms with Crippen LogP contribution in [-0.2, 0) is 0 Å². The summed E-state index contributed by atoms with van der Waals surface area (Å²) >= 11 is 3.42. The second-order valence-electron chi connectivity index (χ2n) is 4.78. The van der Waals surface area contributed by atoms with E-state index in [4.69, 9.17) is 10.5 Å². The molecule has 1 rings (SSSR count). The Morgan fingerprint density at radius 1 is 1.38 bits per heavy atom. The molecule has 0 bridgehead atoms. The first-order valence-corrected chi connectivity index (χ1v) is 6.41. The highest BCUT2D eigenvalue weighted by atomic mass is 79.9. The predicted molar refractivity (Wildman–Crippen MR) is 71.7 cm³/mol. The van der Waals surface area contributed by atoms with Crippen LogP contribution in [0.25, 0.3) is 0 Å². The lowest BCUT2D eigenvalue weighted by atomic mass is 9.88. The van der Waals surface area contributed by atoms with Crippen LogP contribution in [0.3, 0.4) is 0 Å². The van der Waals surface area contributed by atoms with Gasteiger partial charge in [0.2, 0.25) is 0 Å². The Kier molecular flexibility index (Phi) is 5.29. The molecule has 0 unspecified atom stereocenters. The quantitative estimate of drug-likeness (QED) is 0.811. The van der Waals surface area contributed by atoms with Crippen molar-refractivity contribution in [3.05, 3.63) is 28.7 Å². The van der Waals surface area contributed by atoms with Crippen molar-refractivity contribution >= 4 is 15.9 Å². The molecule has 0 aliphatic heterocycles. The summed E-state index contributed by atoms with van der Waals surface area (Å²) in [5.41, 5.74) is 5.90. The predicted octanol–water partition coefficient (Wildman–Crippen LogP) is 3.59. The smallest absolute Gasteiger partial charge is 0.120 e. The van der Waals surface area contributed by atoms with E-state index >= 15 is 0 Å². The molecule has 0 amide bonds. The van der Waals surface area contributed by atoms with Crippen LogP contribution in [0.2, 0.25) is 0 Å². The molecule has 0 aromatic heterocycles. The van der Waals surface area contributed by atoms with Crippen molar-refractivity contribution in [1.82, 2.24) is 0 Å². The molecule has 1 aromatic carbocycles. The minimum absolute atomic E-state index is 0.223. The molecule has 1 aromatic rings. The number of benzene rings is 1.